The molecule has 0 aliphatic heterocycles. The minimum Gasteiger partial charge on any atom is -0.327 e. The minimum absolute atomic E-state index is 0.546. The Balaban J connectivity index is 3.35. The second kappa shape index (κ2) is 2.80. The molecule has 0 rings (SSSR count). The SMILES string of the molecule is C=C(CN)C(C)C. The van der Waals surface area contributed by atoms with E-state index in [-0.39, 0.29) is 0 Å². The third-order valence-corrected chi connectivity index (χ3v) is 1.08. The van der Waals surface area contributed by atoms with Gasteiger partial charge in [0.1, 0.15) is 0 Å². The maximum Gasteiger partial charge on any atom is 0.0136 e. The first kappa shape index (κ1) is 6.70. The predicted octanol–water partition coefficient (Wildman–Crippen LogP) is 1.16. The number of nitrogens with two attached hydrogens (primary N) is 1. The summed E-state index contributed by atoms with van der Waals surface area (Å²) in [5.41, 5.74) is 6.40. The Bertz CT molecular complexity index is 64.6. The van der Waals surface area contributed by atoms with Gasteiger partial charge in [0.2, 0.25) is 0 Å². The van der Waals surface area contributed by atoms with Gasteiger partial charge in [0.05, 0.1) is 0 Å². The Labute approximate surface area is 45.2 Å². The fourth-order valence-electron chi connectivity index (χ4n) is 0.236. The lowest BCUT2D eigenvalue weighted by Crippen LogP contribution is -2.06. The molecule has 42 valence electrons. The molecular weight excluding hydrogens is 86.1 g/mol. The van der Waals surface area contributed by atoms with E-state index in [2.05, 4.69) is 20.4 Å². The lowest BCUT2D eigenvalue weighted by atomic mass is 10.1. The summed E-state index contributed by atoms with van der Waals surface area (Å²) in [4.78, 5) is 0. The lowest BCUT2D eigenvalue weighted by molar-refractivity contribution is 0.750. The normalized spacial score (nSPS) is 9.71. The lowest BCUT2D eigenvalue weighted by Gasteiger charge is -2.02. The molecule has 0 amide bonds. The average Bonchev–Trinajstić information content (AvgIpc) is 1.65. The van der Waals surface area contributed by atoms with Crippen LogP contribution >= 0.6 is 0 Å². The molecule has 0 saturated carbocycles. The van der Waals surface area contributed by atoms with Crippen molar-refractivity contribution in [1.82, 2.24) is 0 Å². The fourth-order valence-corrected chi connectivity index (χ4v) is 0.236. The second-order valence-electron chi connectivity index (χ2n) is 2.02. The van der Waals surface area contributed by atoms with Crippen molar-refractivity contribution in [2.24, 2.45) is 11.7 Å². The highest BCUT2D eigenvalue weighted by Crippen LogP contribution is 2.02. The molecule has 0 saturated heterocycles. The predicted molar refractivity (Wildman–Crippen MR) is 33.0 cm³/mol. The van der Waals surface area contributed by atoms with Crippen LogP contribution in [0, 0.1) is 5.92 Å². The first-order valence-corrected chi connectivity index (χ1v) is 2.56. The standard InChI is InChI=1S/C6H13N/c1-5(2)6(3)4-7/h5H,3-4,7H2,1-2H3. The van der Waals surface area contributed by atoms with Crippen molar-refractivity contribution in [3.8, 4) is 0 Å². The Morgan fingerprint density at radius 2 is 2.14 bits per heavy atom. The molecule has 0 aromatic carbocycles. The molecule has 0 spiro atoms. The monoisotopic (exact) mass is 99.1 g/mol. The average molecular weight is 99.2 g/mol. The number of hydrogen-bond acceptors (Lipinski definition) is 1. The molecule has 0 bridgehead atoms. The minimum atomic E-state index is 0.546. The summed E-state index contributed by atoms with van der Waals surface area (Å²) in [6.45, 7) is 8.56. The van der Waals surface area contributed by atoms with Crippen LogP contribution in [0.5, 0.6) is 0 Å². The number of rotatable bonds is 2. The van der Waals surface area contributed by atoms with Crippen molar-refractivity contribution < 1.29 is 0 Å². The maximum atomic E-state index is 5.27. The maximum absolute atomic E-state index is 5.27. The molecule has 0 aliphatic carbocycles. The highest BCUT2D eigenvalue weighted by Gasteiger charge is 1.93. The van der Waals surface area contributed by atoms with Crippen molar-refractivity contribution in [3.63, 3.8) is 0 Å². The van der Waals surface area contributed by atoms with Gasteiger partial charge in [0, 0.05) is 6.54 Å². The van der Waals surface area contributed by atoms with Crippen LogP contribution in [0.25, 0.3) is 0 Å². The molecule has 0 fully saturated rings. The summed E-state index contributed by atoms with van der Waals surface area (Å²) in [6, 6.07) is 0. The topological polar surface area (TPSA) is 26.0 Å². The molecule has 0 atom stereocenters. The summed E-state index contributed by atoms with van der Waals surface area (Å²) in [5.74, 6) is 0.546. The second-order valence-corrected chi connectivity index (χ2v) is 2.02. The van der Waals surface area contributed by atoms with E-state index in [1.54, 1.807) is 0 Å². The van der Waals surface area contributed by atoms with Gasteiger partial charge in [-0.05, 0) is 5.92 Å². The molecule has 0 heterocycles. The largest absolute Gasteiger partial charge is 0.327 e. The highest BCUT2D eigenvalue weighted by atomic mass is 14.5. The van der Waals surface area contributed by atoms with Crippen LogP contribution in [0.3, 0.4) is 0 Å². The van der Waals surface area contributed by atoms with Crippen molar-refractivity contribution in [3.05, 3.63) is 12.2 Å². The Morgan fingerprint density at radius 1 is 1.71 bits per heavy atom. The zero-order valence-corrected chi connectivity index (χ0v) is 5.07. The molecule has 0 unspecified atom stereocenters. The van der Waals surface area contributed by atoms with Crippen LogP contribution in [0.2, 0.25) is 0 Å². The Morgan fingerprint density at radius 3 is 2.14 bits per heavy atom. The van der Waals surface area contributed by atoms with E-state index < -0.39 is 0 Å². The van der Waals surface area contributed by atoms with Gasteiger partial charge in [-0.25, -0.2) is 0 Å². The van der Waals surface area contributed by atoms with Gasteiger partial charge < -0.3 is 5.73 Å². The van der Waals surface area contributed by atoms with Crippen molar-refractivity contribution in [2.75, 3.05) is 6.54 Å². The summed E-state index contributed by atoms with van der Waals surface area (Å²) in [7, 11) is 0. The zero-order chi connectivity index (χ0) is 5.86. The fraction of sp³-hybridized carbons (Fsp3) is 0.667. The smallest absolute Gasteiger partial charge is 0.0136 e. The van der Waals surface area contributed by atoms with Crippen molar-refractivity contribution in [2.45, 2.75) is 13.8 Å². The van der Waals surface area contributed by atoms with E-state index in [9.17, 15) is 0 Å². The summed E-state index contributed by atoms with van der Waals surface area (Å²) in [5, 5.41) is 0. The highest BCUT2D eigenvalue weighted by molar-refractivity contribution is 4.98. The summed E-state index contributed by atoms with van der Waals surface area (Å²) in [6.07, 6.45) is 0. The van der Waals surface area contributed by atoms with E-state index in [0.29, 0.717) is 12.5 Å². The van der Waals surface area contributed by atoms with Gasteiger partial charge in [-0.3, -0.25) is 0 Å². The van der Waals surface area contributed by atoms with Gasteiger partial charge >= 0.3 is 0 Å². The van der Waals surface area contributed by atoms with E-state index in [1.807, 2.05) is 0 Å². The Kier molecular flexibility index (Phi) is 2.68. The van der Waals surface area contributed by atoms with Crippen molar-refractivity contribution >= 4 is 0 Å². The number of hydrogen-bond donors (Lipinski definition) is 1. The van der Waals surface area contributed by atoms with Gasteiger partial charge in [0.25, 0.3) is 0 Å². The Hall–Kier alpha value is -0.300. The van der Waals surface area contributed by atoms with E-state index in [4.69, 9.17) is 5.73 Å². The van der Waals surface area contributed by atoms with Crippen molar-refractivity contribution in [1.29, 1.82) is 0 Å². The molecule has 0 aromatic rings. The van der Waals surface area contributed by atoms with E-state index in [0.717, 1.165) is 5.57 Å². The van der Waals surface area contributed by atoms with Crippen LogP contribution in [-0.4, -0.2) is 6.54 Å². The third kappa shape index (κ3) is 2.40. The molecular formula is C6H13N. The van der Waals surface area contributed by atoms with Gasteiger partial charge in [0.15, 0.2) is 0 Å². The van der Waals surface area contributed by atoms with E-state index >= 15 is 0 Å². The van der Waals surface area contributed by atoms with Crippen LogP contribution in [0.15, 0.2) is 12.2 Å². The van der Waals surface area contributed by atoms with Crippen LogP contribution in [0.4, 0.5) is 0 Å². The molecule has 1 nitrogen and oxygen atoms in total. The first-order chi connectivity index (χ1) is 3.18. The molecule has 0 aromatic heterocycles. The molecule has 7 heavy (non-hydrogen) atoms. The summed E-state index contributed by atoms with van der Waals surface area (Å²) >= 11 is 0. The zero-order valence-electron chi connectivity index (χ0n) is 5.07. The van der Waals surface area contributed by atoms with Gasteiger partial charge in [-0.15, -0.1) is 0 Å². The molecule has 0 aliphatic rings. The summed E-state index contributed by atoms with van der Waals surface area (Å²) < 4.78 is 0. The van der Waals surface area contributed by atoms with Gasteiger partial charge in [-0.2, -0.15) is 0 Å². The molecule has 2 N–H and O–H groups in total. The first-order valence-electron chi connectivity index (χ1n) is 2.56. The quantitative estimate of drug-likeness (QED) is 0.516. The molecule has 1 heteroatoms. The third-order valence-electron chi connectivity index (χ3n) is 1.08. The van der Waals surface area contributed by atoms with Crippen LogP contribution < -0.4 is 5.73 Å². The van der Waals surface area contributed by atoms with Crippen LogP contribution in [-0.2, 0) is 0 Å². The molecule has 0 radical (unpaired) electrons. The van der Waals surface area contributed by atoms with Gasteiger partial charge in [-0.1, -0.05) is 26.0 Å². The van der Waals surface area contributed by atoms with Crippen LogP contribution in [0.1, 0.15) is 13.8 Å². The van der Waals surface area contributed by atoms with E-state index in [1.165, 1.54) is 0 Å².